The molecule has 1 atom stereocenters. The molecule has 19 heavy (non-hydrogen) atoms. The lowest BCUT2D eigenvalue weighted by molar-refractivity contribution is 0.0943. The van der Waals surface area contributed by atoms with E-state index in [9.17, 15) is 9.90 Å². The Bertz CT molecular complexity index is 438. The van der Waals surface area contributed by atoms with E-state index in [1.54, 1.807) is 18.2 Å². The van der Waals surface area contributed by atoms with Gasteiger partial charge in [0.25, 0.3) is 5.91 Å². The van der Waals surface area contributed by atoms with Gasteiger partial charge in [-0.1, -0.05) is 11.6 Å². The number of amides is 1. The van der Waals surface area contributed by atoms with Crippen LogP contribution in [0.2, 0.25) is 5.02 Å². The zero-order valence-electron chi connectivity index (χ0n) is 11.0. The maximum absolute atomic E-state index is 11.8. The van der Waals surface area contributed by atoms with Crippen molar-refractivity contribution in [3.8, 4) is 0 Å². The van der Waals surface area contributed by atoms with Gasteiger partial charge in [-0.3, -0.25) is 4.79 Å². The minimum Gasteiger partial charge on any atom is -0.394 e. The summed E-state index contributed by atoms with van der Waals surface area (Å²) < 4.78 is 0. The first kappa shape index (κ1) is 15.8. The Hall–Kier alpha value is -1.30. The standard InChI is InChI=1S/C13H19ClN2O3/c1-8(2)16-13(19)11-4-3-9(5-12(11)14)15-6-10(18)7-17/h3-5,8,10,15,17-18H,6-7H2,1-2H3,(H,16,19). The number of benzene rings is 1. The van der Waals surface area contributed by atoms with Crippen molar-refractivity contribution in [2.45, 2.75) is 26.0 Å². The van der Waals surface area contributed by atoms with Crippen molar-refractivity contribution >= 4 is 23.2 Å². The summed E-state index contributed by atoms with van der Waals surface area (Å²) >= 11 is 6.04. The Morgan fingerprint density at radius 2 is 2.11 bits per heavy atom. The van der Waals surface area contributed by atoms with E-state index in [2.05, 4.69) is 10.6 Å². The van der Waals surface area contributed by atoms with E-state index in [0.717, 1.165) is 0 Å². The second kappa shape index (κ2) is 7.33. The highest BCUT2D eigenvalue weighted by Gasteiger charge is 2.12. The van der Waals surface area contributed by atoms with Gasteiger partial charge in [-0.15, -0.1) is 0 Å². The molecule has 0 heterocycles. The SMILES string of the molecule is CC(C)NC(=O)c1ccc(NCC(O)CO)cc1Cl. The molecular weight excluding hydrogens is 268 g/mol. The van der Waals surface area contributed by atoms with Crippen LogP contribution in [0.25, 0.3) is 0 Å². The summed E-state index contributed by atoms with van der Waals surface area (Å²) in [5.74, 6) is -0.220. The molecule has 0 fully saturated rings. The number of rotatable bonds is 6. The van der Waals surface area contributed by atoms with E-state index >= 15 is 0 Å². The molecule has 0 radical (unpaired) electrons. The van der Waals surface area contributed by atoms with Crippen LogP contribution in [-0.2, 0) is 0 Å². The number of aliphatic hydroxyl groups is 2. The van der Waals surface area contributed by atoms with Gasteiger partial charge in [0.05, 0.1) is 23.3 Å². The Labute approximate surface area is 117 Å². The van der Waals surface area contributed by atoms with E-state index in [1.165, 1.54) is 0 Å². The second-order valence-electron chi connectivity index (χ2n) is 4.54. The van der Waals surface area contributed by atoms with Crippen LogP contribution in [0.15, 0.2) is 18.2 Å². The monoisotopic (exact) mass is 286 g/mol. The number of carbonyl (C=O) groups is 1. The Balaban J connectivity index is 2.71. The number of carbonyl (C=O) groups excluding carboxylic acids is 1. The van der Waals surface area contributed by atoms with Gasteiger partial charge in [0, 0.05) is 18.3 Å². The van der Waals surface area contributed by atoms with Crippen LogP contribution >= 0.6 is 11.6 Å². The molecule has 0 bridgehead atoms. The maximum Gasteiger partial charge on any atom is 0.252 e. The predicted molar refractivity (Wildman–Crippen MR) is 75.6 cm³/mol. The summed E-state index contributed by atoms with van der Waals surface area (Å²) in [6.07, 6.45) is -0.831. The fourth-order valence-corrected chi connectivity index (χ4v) is 1.72. The Morgan fingerprint density at radius 1 is 1.42 bits per heavy atom. The van der Waals surface area contributed by atoms with E-state index in [-0.39, 0.29) is 25.1 Å². The van der Waals surface area contributed by atoms with Gasteiger partial charge in [-0.2, -0.15) is 0 Å². The van der Waals surface area contributed by atoms with Crippen molar-refractivity contribution in [1.82, 2.24) is 5.32 Å². The summed E-state index contributed by atoms with van der Waals surface area (Å²) in [7, 11) is 0. The molecule has 1 amide bonds. The predicted octanol–water partition coefficient (Wildman–Crippen LogP) is 1.24. The van der Waals surface area contributed by atoms with E-state index in [1.807, 2.05) is 13.8 Å². The number of aliphatic hydroxyl groups excluding tert-OH is 2. The van der Waals surface area contributed by atoms with Crippen LogP contribution in [0.4, 0.5) is 5.69 Å². The fraction of sp³-hybridized carbons (Fsp3) is 0.462. The average Bonchev–Trinajstić information content (AvgIpc) is 2.34. The van der Waals surface area contributed by atoms with Crippen molar-refractivity contribution in [2.24, 2.45) is 0 Å². The van der Waals surface area contributed by atoms with Gasteiger partial charge >= 0.3 is 0 Å². The lowest BCUT2D eigenvalue weighted by atomic mass is 10.1. The van der Waals surface area contributed by atoms with Crippen LogP contribution in [-0.4, -0.2) is 41.4 Å². The minimum absolute atomic E-state index is 0.0427. The second-order valence-corrected chi connectivity index (χ2v) is 4.95. The average molecular weight is 287 g/mol. The van der Waals surface area contributed by atoms with E-state index in [0.29, 0.717) is 16.3 Å². The molecule has 0 aliphatic carbocycles. The molecule has 4 N–H and O–H groups in total. The van der Waals surface area contributed by atoms with Crippen molar-refractivity contribution in [1.29, 1.82) is 0 Å². The van der Waals surface area contributed by atoms with Crippen molar-refractivity contribution in [3.05, 3.63) is 28.8 Å². The Morgan fingerprint density at radius 3 is 2.63 bits per heavy atom. The third-order valence-corrected chi connectivity index (χ3v) is 2.70. The molecule has 106 valence electrons. The number of nitrogens with one attached hydrogen (secondary N) is 2. The largest absolute Gasteiger partial charge is 0.394 e. The van der Waals surface area contributed by atoms with E-state index < -0.39 is 6.10 Å². The third kappa shape index (κ3) is 5.06. The van der Waals surface area contributed by atoms with Gasteiger partial charge in [0.15, 0.2) is 0 Å². The minimum atomic E-state index is -0.831. The summed E-state index contributed by atoms with van der Waals surface area (Å²) in [6.45, 7) is 3.65. The van der Waals surface area contributed by atoms with Crippen LogP contribution in [0.3, 0.4) is 0 Å². The smallest absolute Gasteiger partial charge is 0.252 e. The lowest BCUT2D eigenvalue weighted by Gasteiger charge is -2.13. The van der Waals surface area contributed by atoms with Crippen molar-refractivity contribution < 1.29 is 15.0 Å². The van der Waals surface area contributed by atoms with E-state index in [4.69, 9.17) is 16.7 Å². The van der Waals surface area contributed by atoms with Gasteiger partial charge in [-0.25, -0.2) is 0 Å². The number of halogens is 1. The van der Waals surface area contributed by atoms with Crippen molar-refractivity contribution in [2.75, 3.05) is 18.5 Å². The molecule has 6 heteroatoms. The quantitative estimate of drug-likeness (QED) is 0.634. The first-order chi connectivity index (χ1) is 8.93. The topological polar surface area (TPSA) is 81.6 Å². The van der Waals surface area contributed by atoms with Crippen LogP contribution in [0.5, 0.6) is 0 Å². The van der Waals surface area contributed by atoms with Crippen LogP contribution < -0.4 is 10.6 Å². The molecule has 0 saturated heterocycles. The molecule has 1 aromatic rings. The molecule has 1 rings (SSSR count). The molecule has 1 aromatic carbocycles. The summed E-state index contributed by atoms with van der Waals surface area (Å²) in [4.78, 5) is 11.8. The highest BCUT2D eigenvalue weighted by Crippen LogP contribution is 2.21. The zero-order chi connectivity index (χ0) is 14.4. The molecule has 0 aliphatic heterocycles. The van der Waals surface area contributed by atoms with Gasteiger partial charge in [0.2, 0.25) is 0 Å². The summed E-state index contributed by atoms with van der Waals surface area (Å²) in [5, 5.41) is 23.9. The Kier molecular flexibility index (Phi) is 6.08. The lowest BCUT2D eigenvalue weighted by Crippen LogP contribution is -2.30. The highest BCUT2D eigenvalue weighted by molar-refractivity contribution is 6.34. The highest BCUT2D eigenvalue weighted by atomic mass is 35.5. The molecular formula is C13H19ClN2O3. The molecule has 0 spiro atoms. The molecule has 0 aromatic heterocycles. The number of anilines is 1. The first-order valence-corrected chi connectivity index (χ1v) is 6.45. The summed E-state index contributed by atoms with van der Waals surface area (Å²) in [5.41, 5.74) is 1.09. The van der Waals surface area contributed by atoms with Crippen LogP contribution in [0.1, 0.15) is 24.2 Å². The third-order valence-electron chi connectivity index (χ3n) is 2.39. The van der Waals surface area contributed by atoms with Gasteiger partial charge in [0.1, 0.15) is 0 Å². The van der Waals surface area contributed by atoms with Gasteiger partial charge in [-0.05, 0) is 32.0 Å². The molecule has 0 aliphatic rings. The number of hydrogen-bond donors (Lipinski definition) is 4. The molecule has 0 saturated carbocycles. The maximum atomic E-state index is 11.8. The number of hydrogen-bond acceptors (Lipinski definition) is 4. The van der Waals surface area contributed by atoms with Crippen molar-refractivity contribution in [3.63, 3.8) is 0 Å². The van der Waals surface area contributed by atoms with Crippen LogP contribution in [0, 0.1) is 0 Å². The molecule has 1 unspecified atom stereocenters. The molecule has 5 nitrogen and oxygen atoms in total. The normalized spacial score (nSPS) is 12.3. The summed E-state index contributed by atoms with van der Waals surface area (Å²) in [6, 6.07) is 4.97. The van der Waals surface area contributed by atoms with Gasteiger partial charge < -0.3 is 20.8 Å². The fourth-order valence-electron chi connectivity index (χ4n) is 1.45. The first-order valence-electron chi connectivity index (χ1n) is 6.07. The zero-order valence-corrected chi connectivity index (χ0v) is 11.7.